The Labute approximate surface area is 200 Å². The molecule has 1 aliphatic rings. The zero-order chi connectivity index (χ0) is 23.7. The van der Waals surface area contributed by atoms with Crippen LogP contribution < -0.4 is 10.2 Å². The van der Waals surface area contributed by atoms with Crippen molar-refractivity contribution in [2.24, 2.45) is 0 Å². The van der Waals surface area contributed by atoms with E-state index in [-0.39, 0.29) is 17.5 Å². The number of halogens is 1. The molecule has 5 nitrogen and oxygen atoms in total. The molecule has 0 spiro atoms. The largest absolute Gasteiger partial charge is 0.323 e. The number of rotatable bonds is 5. The third-order valence-corrected chi connectivity index (χ3v) is 6.42. The quantitative estimate of drug-likeness (QED) is 0.312. The first-order valence-electron chi connectivity index (χ1n) is 10.7. The van der Waals surface area contributed by atoms with Gasteiger partial charge in [0.1, 0.15) is 5.82 Å². The second kappa shape index (κ2) is 9.03. The zero-order valence-corrected chi connectivity index (χ0v) is 19.1. The Kier molecular flexibility index (Phi) is 5.77. The molecule has 1 aromatic heterocycles. The molecule has 0 saturated carbocycles. The molecule has 1 heterocycles. The van der Waals surface area contributed by atoms with Gasteiger partial charge in [0.15, 0.2) is 5.13 Å². The van der Waals surface area contributed by atoms with Crippen molar-refractivity contribution in [1.29, 1.82) is 0 Å². The van der Waals surface area contributed by atoms with Crippen molar-refractivity contribution in [3.63, 3.8) is 0 Å². The van der Waals surface area contributed by atoms with Crippen molar-refractivity contribution < 1.29 is 14.0 Å². The minimum atomic E-state index is -0.512. The van der Waals surface area contributed by atoms with E-state index in [1.54, 1.807) is 23.6 Å². The summed E-state index contributed by atoms with van der Waals surface area (Å²) >= 11 is 1.20. The molecule has 0 unspecified atom stereocenters. The first-order chi connectivity index (χ1) is 16.5. The molecule has 4 aromatic rings. The summed E-state index contributed by atoms with van der Waals surface area (Å²) in [5.74, 6) is -1.16. The molecule has 2 amide bonds. The van der Waals surface area contributed by atoms with E-state index in [4.69, 9.17) is 0 Å². The number of amides is 2. The minimum Gasteiger partial charge on any atom is -0.323 e. The van der Waals surface area contributed by atoms with Gasteiger partial charge < -0.3 is 5.32 Å². The maximum absolute atomic E-state index is 14.2. The normalized spacial score (nSPS) is 11.8. The number of hydrogen-bond donors (Lipinski definition) is 1. The molecule has 1 aliphatic carbocycles. The smallest absolute Gasteiger partial charge is 0.248 e. The number of carbonyl (C=O) groups is 2. The van der Waals surface area contributed by atoms with Crippen molar-refractivity contribution >= 4 is 45.7 Å². The first kappa shape index (κ1) is 21.7. The van der Waals surface area contributed by atoms with Crippen LogP contribution in [0.1, 0.15) is 23.7 Å². The standard InChI is InChI=1S/C27H20FN3O2S/c1-17(32)31(25-9-5-4-8-24(25)28)27-30-21(16-34-27)11-13-26(33)29-20-10-12-23-19(15-20)14-18-6-2-3-7-22(18)23/h2-13,15-16H,14H2,1H3,(H,29,33). The van der Waals surface area contributed by atoms with Gasteiger partial charge >= 0.3 is 0 Å². The third-order valence-electron chi connectivity index (χ3n) is 5.58. The van der Waals surface area contributed by atoms with Gasteiger partial charge in [-0.25, -0.2) is 9.37 Å². The van der Waals surface area contributed by atoms with Crippen LogP contribution in [0.3, 0.4) is 0 Å². The lowest BCUT2D eigenvalue weighted by Gasteiger charge is -2.18. The number of thiazole rings is 1. The molecule has 0 saturated heterocycles. The number of fused-ring (bicyclic) bond motifs is 3. The van der Waals surface area contributed by atoms with Gasteiger partial charge in [-0.15, -0.1) is 11.3 Å². The SMILES string of the molecule is CC(=O)N(c1nc(C=CC(=O)Nc2ccc3c(c2)Cc2ccccc2-3)cs1)c1ccccc1F. The Bertz CT molecular complexity index is 1440. The molecule has 0 fully saturated rings. The van der Waals surface area contributed by atoms with E-state index in [1.165, 1.54) is 63.6 Å². The van der Waals surface area contributed by atoms with Crippen molar-refractivity contribution in [2.45, 2.75) is 13.3 Å². The summed E-state index contributed by atoms with van der Waals surface area (Å²) in [5, 5.41) is 4.93. The number of nitrogens with zero attached hydrogens (tertiary/aromatic N) is 2. The number of para-hydroxylation sites is 1. The number of hydrogen-bond acceptors (Lipinski definition) is 4. The lowest BCUT2D eigenvalue weighted by atomic mass is 10.1. The lowest BCUT2D eigenvalue weighted by Crippen LogP contribution is -2.23. The van der Waals surface area contributed by atoms with Crippen molar-refractivity contribution in [3.8, 4) is 11.1 Å². The fraction of sp³-hybridized carbons (Fsp3) is 0.0741. The van der Waals surface area contributed by atoms with Crippen LogP contribution >= 0.6 is 11.3 Å². The van der Waals surface area contributed by atoms with Gasteiger partial charge in [-0.1, -0.05) is 42.5 Å². The van der Waals surface area contributed by atoms with Crippen molar-refractivity contribution in [3.05, 3.63) is 101 Å². The Morgan fingerprint density at radius 3 is 2.62 bits per heavy atom. The molecule has 5 rings (SSSR count). The van der Waals surface area contributed by atoms with Crippen LogP contribution in [0.2, 0.25) is 0 Å². The Hall–Kier alpha value is -4.10. The van der Waals surface area contributed by atoms with E-state index in [1.807, 2.05) is 30.3 Å². The predicted octanol–water partition coefficient (Wildman–Crippen LogP) is 6.19. The average Bonchev–Trinajstić information content (AvgIpc) is 3.43. The van der Waals surface area contributed by atoms with Crippen LogP contribution in [0, 0.1) is 5.82 Å². The summed E-state index contributed by atoms with van der Waals surface area (Å²) in [6, 6.07) is 20.3. The monoisotopic (exact) mass is 469 g/mol. The molecule has 1 N–H and O–H groups in total. The van der Waals surface area contributed by atoms with Crippen LogP contribution in [0.5, 0.6) is 0 Å². The van der Waals surface area contributed by atoms with Gasteiger partial charge in [-0.3, -0.25) is 14.5 Å². The molecule has 0 atom stereocenters. The van der Waals surface area contributed by atoms with Crippen LogP contribution in [0.4, 0.5) is 20.9 Å². The molecule has 7 heteroatoms. The molecular formula is C27H20FN3O2S. The number of anilines is 3. The third kappa shape index (κ3) is 4.25. The average molecular weight is 470 g/mol. The number of nitrogens with one attached hydrogen (secondary N) is 1. The highest BCUT2D eigenvalue weighted by Crippen LogP contribution is 2.37. The lowest BCUT2D eigenvalue weighted by molar-refractivity contribution is -0.116. The van der Waals surface area contributed by atoms with E-state index in [9.17, 15) is 14.0 Å². The molecular weight excluding hydrogens is 449 g/mol. The Balaban J connectivity index is 1.28. The molecule has 3 aromatic carbocycles. The van der Waals surface area contributed by atoms with Gasteiger partial charge in [0.25, 0.3) is 0 Å². The van der Waals surface area contributed by atoms with Crippen molar-refractivity contribution in [1.82, 2.24) is 4.98 Å². The highest BCUT2D eigenvalue weighted by molar-refractivity contribution is 7.14. The summed E-state index contributed by atoms with van der Waals surface area (Å²) in [6.45, 7) is 1.35. The van der Waals surface area contributed by atoms with E-state index in [0.717, 1.165) is 12.1 Å². The molecule has 0 aliphatic heterocycles. The van der Waals surface area contributed by atoms with Gasteiger partial charge in [-0.2, -0.15) is 0 Å². The van der Waals surface area contributed by atoms with Crippen LogP contribution in [0.25, 0.3) is 17.2 Å². The second-order valence-electron chi connectivity index (χ2n) is 7.89. The summed E-state index contributed by atoms with van der Waals surface area (Å²) in [4.78, 5) is 30.3. The molecule has 168 valence electrons. The molecule has 0 radical (unpaired) electrons. The maximum atomic E-state index is 14.2. The number of benzene rings is 3. The number of carbonyl (C=O) groups excluding carboxylic acids is 2. The molecule has 0 bridgehead atoms. The van der Waals surface area contributed by atoms with Crippen LogP contribution in [0.15, 0.2) is 78.2 Å². The summed E-state index contributed by atoms with van der Waals surface area (Å²) in [6.07, 6.45) is 3.81. The highest BCUT2D eigenvalue weighted by Gasteiger charge is 2.21. The maximum Gasteiger partial charge on any atom is 0.248 e. The fourth-order valence-corrected chi connectivity index (χ4v) is 4.91. The van der Waals surface area contributed by atoms with Gasteiger partial charge in [0, 0.05) is 24.1 Å². The summed E-state index contributed by atoms with van der Waals surface area (Å²) in [7, 11) is 0. The van der Waals surface area contributed by atoms with Crippen molar-refractivity contribution in [2.75, 3.05) is 10.2 Å². The first-order valence-corrected chi connectivity index (χ1v) is 11.6. The predicted molar refractivity (Wildman–Crippen MR) is 134 cm³/mol. The fourth-order valence-electron chi connectivity index (χ4n) is 4.06. The molecule has 34 heavy (non-hydrogen) atoms. The van der Waals surface area contributed by atoms with E-state index >= 15 is 0 Å². The Morgan fingerprint density at radius 1 is 1.03 bits per heavy atom. The van der Waals surface area contributed by atoms with E-state index in [0.29, 0.717) is 10.8 Å². The van der Waals surface area contributed by atoms with Gasteiger partial charge in [0.05, 0.1) is 11.4 Å². The van der Waals surface area contributed by atoms with Gasteiger partial charge in [-0.05, 0) is 59.0 Å². The minimum absolute atomic E-state index is 0.136. The van der Waals surface area contributed by atoms with E-state index < -0.39 is 5.82 Å². The van der Waals surface area contributed by atoms with Gasteiger partial charge in [0.2, 0.25) is 11.8 Å². The topological polar surface area (TPSA) is 62.3 Å². The highest BCUT2D eigenvalue weighted by atomic mass is 32.1. The van der Waals surface area contributed by atoms with Crippen LogP contribution in [-0.4, -0.2) is 16.8 Å². The zero-order valence-electron chi connectivity index (χ0n) is 18.3. The second-order valence-corrected chi connectivity index (χ2v) is 8.73. The van der Waals surface area contributed by atoms with Crippen LogP contribution in [-0.2, 0) is 16.0 Å². The summed E-state index contributed by atoms with van der Waals surface area (Å²) in [5.41, 5.74) is 6.27. The summed E-state index contributed by atoms with van der Waals surface area (Å²) < 4.78 is 14.2. The number of aromatic nitrogens is 1. The van der Waals surface area contributed by atoms with E-state index in [2.05, 4.69) is 22.4 Å². The Morgan fingerprint density at radius 2 is 1.79 bits per heavy atom.